The zero-order valence-corrected chi connectivity index (χ0v) is 29.2. The zero-order chi connectivity index (χ0) is 36.1. The Morgan fingerprint density at radius 3 is 1.06 bits per heavy atom. The third-order valence-corrected chi connectivity index (χ3v) is 8.98. The van der Waals surface area contributed by atoms with Crippen molar-refractivity contribution in [3.8, 4) is 45.8 Å². The van der Waals surface area contributed by atoms with E-state index in [-0.39, 0.29) is 0 Å². The van der Waals surface area contributed by atoms with Crippen LogP contribution >= 0.6 is 0 Å². The molecule has 1 aliphatic heterocycles. The van der Waals surface area contributed by atoms with Crippen LogP contribution in [0, 0.1) is 0 Å². The van der Waals surface area contributed by atoms with Gasteiger partial charge in [0.1, 0.15) is 26.4 Å². The standard InChI is InChI=1S/C42H34N6O6/c1-5-29-37(30-6-2-14-44-40(30)39(29)43-13-1)47-27-9-11-33-35(25-27)53-23-19-50-20-24-54-36-26-28(10-12-34(36)52-22-18-49-17-21-51-33)48-38-31-7-3-15-45-41(31)42-32(38)8-4-16-46-42/h1-16,25-26H,17-24H2. The molecule has 3 aliphatic rings. The van der Waals surface area contributed by atoms with Gasteiger partial charge in [-0.1, -0.05) is 0 Å². The van der Waals surface area contributed by atoms with E-state index >= 15 is 0 Å². The largest absolute Gasteiger partial charge is 0.487 e. The van der Waals surface area contributed by atoms with Gasteiger partial charge in [-0.05, 0) is 72.8 Å². The molecule has 2 aliphatic carbocycles. The van der Waals surface area contributed by atoms with Gasteiger partial charge in [0.15, 0.2) is 23.0 Å². The summed E-state index contributed by atoms with van der Waals surface area (Å²) in [5, 5.41) is 0. The first-order chi connectivity index (χ1) is 26.8. The molecule has 0 fully saturated rings. The van der Waals surface area contributed by atoms with Crippen molar-refractivity contribution in [1.82, 2.24) is 19.9 Å². The molecule has 54 heavy (non-hydrogen) atoms. The third-order valence-electron chi connectivity index (χ3n) is 8.98. The van der Waals surface area contributed by atoms with Crippen LogP contribution in [-0.4, -0.2) is 84.2 Å². The number of benzene rings is 2. The SMILES string of the molecule is c1cnc2c(c1)C(=Nc1ccc3c(c1)OCCOCCOc1cc(N=C4c5cccnc5-c5ncccc54)ccc1OCCOCCO3)c1cccnc1-2. The molecule has 0 saturated carbocycles. The van der Waals surface area contributed by atoms with E-state index in [0.29, 0.717) is 87.2 Å². The minimum Gasteiger partial charge on any atom is -0.487 e. The molecule has 0 N–H and O–H groups in total. The summed E-state index contributed by atoms with van der Waals surface area (Å²) >= 11 is 0. The Bertz CT molecular complexity index is 2140. The number of ether oxygens (including phenoxy) is 6. The van der Waals surface area contributed by atoms with Gasteiger partial charge in [-0.15, -0.1) is 0 Å². The molecule has 0 atom stereocenters. The number of rotatable bonds is 2. The average molecular weight is 719 g/mol. The highest BCUT2D eigenvalue weighted by Crippen LogP contribution is 2.39. The first-order valence-electron chi connectivity index (χ1n) is 17.7. The Morgan fingerprint density at radius 2 is 0.704 bits per heavy atom. The van der Waals surface area contributed by atoms with Crippen molar-refractivity contribution in [2.75, 3.05) is 52.9 Å². The zero-order valence-electron chi connectivity index (χ0n) is 29.2. The molecule has 9 rings (SSSR count). The van der Waals surface area contributed by atoms with Crippen LogP contribution in [0.3, 0.4) is 0 Å². The second-order valence-electron chi connectivity index (χ2n) is 12.4. The summed E-state index contributed by atoms with van der Waals surface area (Å²) < 4.78 is 36.3. The van der Waals surface area contributed by atoms with E-state index in [4.69, 9.17) is 38.4 Å². The van der Waals surface area contributed by atoms with Crippen molar-refractivity contribution < 1.29 is 28.4 Å². The molecular weight excluding hydrogens is 684 g/mol. The molecule has 0 saturated heterocycles. The van der Waals surface area contributed by atoms with E-state index in [2.05, 4.69) is 19.9 Å². The van der Waals surface area contributed by atoms with Crippen molar-refractivity contribution in [3.05, 3.63) is 132 Å². The van der Waals surface area contributed by atoms with Crippen molar-refractivity contribution in [2.45, 2.75) is 0 Å². The maximum atomic E-state index is 6.19. The maximum Gasteiger partial charge on any atom is 0.163 e. The minimum atomic E-state index is 0.292. The summed E-state index contributed by atoms with van der Waals surface area (Å²) in [5.74, 6) is 2.28. The molecule has 0 unspecified atom stereocenters. The fourth-order valence-corrected chi connectivity index (χ4v) is 6.57. The third kappa shape index (κ3) is 6.75. The molecule has 0 spiro atoms. The second-order valence-corrected chi connectivity index (χ2v) is 12.4. The average Bonchev–Trinajstić information content (AvgIpc) is 3.70. The van der Waals surface area contributed by atoms with Crippen LogP contribution in [0.2, 0.25) is 0 Å². The van der Waals surface area contributed by atoms with Crippen LogP contribution in [-0.2, 0) is 9.47 Å². The van der Waals surface area contributed by atoms with E-state index in [0.717, 1.165) is 56.5 Å². The van der Waals surface area contributed by atoms with Crippen LogP contribution in [0.4, 0.5) is 11.4 Å². The molecular formula is C42H34N6O6. The fraction of sp³-hybridized carbons (Fsp3) is 0.190. The number of nitrogens with zero attached hydrogens (tertiary/aromatic N) is 6. The number of aliphatic imine (C=N–C) groups is 2. The molecule has 0 bridgehead atoms. The summed E-state index contributed by atoms with van der Waals surface area (Å²) in [6, 6.07) is 27.0. The first-order valence-corrected chi connectivity index (χ1v) is 17.7. The highest BCUT2D eigenvalue weighted by Gasteiger charge is 2.28. The van der Waals surface area contributed by atoms with Gasteiger partial charge in [0, 0.05) is 59.2 Å². The molecule has 0 amide bonds. The lowest BCUT2D eigenvalue weighted by molar-refractivity contribution is 0.0640. The lowest BCUT2D eigenvalue weighted by Crippen LogP contribution is -2.15. The highest BCUT2D eigenvalue weighted by molar-refractivity contribution is 6.24. The van der Waals surface area contributed by atoms with Crippen molar-refractivity contribution in [3.63, 3.8) is 0 Å². The van der Waals surface area contributed by atoms with E-state index in [1.54, 1.807) is 24.8 Å². The van der Waals surface area contributed by atoms with Gasteiger partial charge in [0.2, 0.25) is 0 Å². The predicted molar refractivity (Wildman–Crippen MR) is 202 cm³/mol. The van der Waals surface area contributed by atoms with Crippen LogP contribution in [0.25, 0.3) is 22.8 Å². The minimum absolute atomic E-state index is 0.292. The van der Waals surface area contributed by atoms with Gasteiger partial charge in [-0.3, -0.25) is 19.9 Å². The summed E-state index contributed by atoms with van der Waals surface area (Å²) in [5.41, 5.74) is 10.1. The first kappa shape index (κ1) is 33.3. The maximum absolute atomic E-state index is 6.19. The van der Waals surface area contributed by atoms with E-state index in [1.807, 2.05) is 84.9 Å². The molecule has 6 aromatic rings. The summed E-state index contributed by atoms with van der Waals surface area (Å²) in [6.45, 7) is 2.60. The Morgan fingerprint density at radius 1 is 0.370 bits per heavy atom. The van der Waals surface area contributed by atoms with Crippen molar-refractivity contribution in [1.29, 1.82) is 0 Å². The van der Waals surface area contributed by atoms with Gasteiger partial charge in [-0.25, -0.2) is 9.98 Å². The topological polar surface area (TPSA) is 132 Å². The summed E-state index contributed by atoms with van der Waals surface area (Å²) in [6.07, 6.45) is 7.08. The Balaban J connectivity index is 0.900. The number of hydrogen-bond acceptors (Lipinski definition) is 12. The van der Waals surface area contributed by atoms with Gasteiger partial charge in [0.25, 0.3) is 0 Å². The number of aromatic nitrogens is 4. The second kappa shape index (κ2) is 15.2. The van der Waals surface area contributed by atoms with Crippen molar-refractivity contribution >= 4 is 22.8 Å². The van der Waals surface area contributed by atoms with Gasteiger partial charge < -0.3 is 28.4 Å². The number of hydrogen-bond donors (Lipinski definition) is 0. The predicted octanol–water partition coefficient (Wildman–Crippen LogP) is 6.83. The normalized spacial score (nSPS) is 15.2. The van der Waals surface area contributed by atoms with E-state index < -0.39 is 0 Å². The van der Waals surface area contributed by atoms with Crippen LogP contribution < -0.4 is 18.9 Å². The molecule has 0 radical (unpaired) electrons. The molecule has 5 heterocycles. The monoisotopic (exact) mass is 718 g/mol. The molecule has 2 aromatic carbocycles. The molecule has 268 valence electrons. The van der Waals surface area contributed by atoms with E-state index in [9.17, 15) is 0 Å². The van der Waals surface area contributed by atoms with Gasteiger partial charge in [0.05, 0.1) is 72.0 Å². The van der Waals surface area contributed by atoms with Gasteiger partial charge in [-0.2, -0.15) is 0 Å². The lowest BCUT2D eigenvalue weighted by Gasteiger charge is -2.16. The molecule has 12 heteroatoms. The highest BCUT2D eigenvalue weighted by atomic mass is 16.6. The van der Waals surface area contributed by atoms with Crippen molar-refractivity contribution in [2.24, 2.45) is 9.98 Å². The summed E-state index contributed by atoms with van der Waals surface area (Å²) in [4.78, 5) is 28.3. The van der Waals surface area contributed by atoms with Crippen LogP contribution in [0.5, 0.6) is 23.0 Å². The Hall–Kier alpha value is -6.50. The smallest absolute Gasteiger partial charge is 0.163 e. The Kier molecular flexibility index (Phi) is 9.41. The Labute approximate surface area is 311 Å². The number of fused-ring (bicyclic) bond motifs is 8. The fourth-order valence-electron chi connectivity index (χ4n) is 6.57. The molecule has 4 aromatic heterocycles. The quantitative estimate of drug-likeness (QED) is 0.188. The van der Waals surface area contributed by atoms with Gasteiger partial charge >= 0.3 is 0 Å². The van der Waals surface area contributed by atoms with Crippen LogP contribution in [0.15, 0.2) is 120 Å². The lowest BCUT2D eigenvalue weighted by atomic mass is 10.1. The van der Waals surface area contributed by atoms with Crippen LogP contribution in [0.1, 0.15) is 22.3 Å². The molecule has 12 nitrogen and oxygen atoms in total. The summed E-state index contributed by atoms with van der Waals surface area (Å²) in [7, 11) is 0. The number of pyridine rings is 4. The van der Waals surface area contributed by atoms with E-state index in [1.165, 1.54) is 0 Å².